The lowest BCUT2D eigenvalue weighted by molar-refractivity contribution is -0.163. The summed E-state index contributed by atoms with van der Waals surface area (Å²) in [6, 6.07) is 0. The Hall–Kier alpha value is -0.830. The van der Waals surface area contributed by atoms with Crippen molar-refractivity contribution in [2.24, 2.45) is 52.3 Å². The maximum Gasteiger partial charge on any atom is 0.332 e. The average Bonchev–Trinajstić information content (AvgIpc) is 3.19. The summed E-state index contributed by atoms with van der Waals surface area (Å²) < 4.78 is 11.6. The fraction of sp³-hybridized carbons (Fsp3) is 0.914. The van der Waals surface area contributed by atoms with Gasteiger partial charge in [-0.3, -0.25) is 0 Å². The molecule has 0 aromatic carbocycles. The van der Waals surface area contributed by atoms with Crippen LogP contribution in [0.1, 0.15) is 133 Å². The smallest absolute Gasteiger partial charge is 0.332 e. The number of carbonyl (C=O) groups excluding carboxylic acids is 1. The van der Waals surface area contributed by atoms with E-state index in [1.807, 2.05) is 20.8 Å². The van der Waals surface area contributed by atoms with E-state index in [4.69, 9.17) is 9.47 Å². The first-order valence-electron chi connectivity index (χ1n) is 16.3. The van der Waals surface area contributed by atoms with Crippen molar-refractivity contribution in [2.75, 3.05) is 6.61 Å². The van der Waals surface area contributed by atoms with Crippen LogP contribution in [0.15, 0.2) is 11.6 Å². The summed E-state index contributed by atoms with van der Waals surface area (Å²) in [5.74, 6) is 5.82. The zero-order valence-corrected chi connectivity index (χ0v) is 26.4. The minimum absolute atomic E-state index is 0.0775. The van der Waals surface area contributed by atoms with Crippen molar-refractivity contribution in [3.63, 3.8) is 0 Å². The Kier molecular flexibility index (Phi) is 9.18. The highest BCUT2D eigenvalue weighted by molar-refractivity contribution is 5.71. The second kappa shape index (κ2) is 11.6. The molecule has 3 fully saturated rings. The average molecular weight is 529 g/mol. The quantitative estimate of drug-likeness (QED) is 0.221. The van der Waals surface area contributed by atoms with Gasteiger partial charge in [0.1, 0.15) is 12.2 Å². The third kappa shape index (κ3) is 6.08. The zero-order chi connectivity index (χ0) is 27.9. The Bertz CT molecular complexity index is 852. The van der Waals surface area contributed by atoms with E-state index in [9.17, 15) is 4.79 Å². The third-order valence-corrected chi connectivity index (χ3v) is 12.1. The van der Waals surface area contributed by atoms with Gasteiger partial charge in [0.15, 0.2) is 0 Å². The van der Waals surface area contributed by atoms with Crippen LogP contribution in [0.4, 0.5) is 0 Å². The predicted molar refractivity (Wildman–Crippen MR) is 158 cm³/mol. The molecule has 0 N–H and O–H groups in total. The number of ether oxygens (including phenoxy) is 2. The van der Waals surface area contributed by atoms with Crippen molar-refractivity contribution < 1.29 is 14.3 Å². The third-order valence-electron chi connectivity index (χ3n) is 12.1. The summed E-state index contributed by atoms with van der Waals surface area (Å²) in [5.41, 5.74) is 2.04. The van der Waals surface area contributed by atoms with Crippen LogP contribution in [0.3, 0.4) is 0 Å². The van der Waals surface area contributed by atoms with Gasteiger partial charge in [-0.2, -0.15) is 0 Å². The molecule has 218 valence electrons. The largest absolute Gasteiger partial charge is 0.458 e. The van der Waals surface area contributed by atoms with Crippen molar-refractivity contribution in [1.82, 2.24) is 0 Å². The van der Waals surface area contributed by atoms with Crippen LogP contribution in [0.5, 0.6) is 0 Å². The van der Waals surface area contributed by atoms with Crippen LogP contribution in [-0.2, 0) is 14.3 Å². The van der Waals surface area contributed by atoms with Crippen molar-refractivity contribution >= 4 is 5.97 Å². The highest BCUT2D eigenvalue weighted by Crippen LogP contribution is 2.67. The van der Waals surface area contributed by atoms with Crippen molar-refractivity contribution in [2.45, 2.75) is 145 Å². The lowest BCUT2D eigenvalue weighted by Crippen LogP contribution is -2.51. The molecule has 0 bridgehead atoms. The van der Waals surface area contributed by atoms with E-state index in [1.165, 1.54) is 57.8 Å². The highest BCUT2D eigenvalue weighted by atomic mass is 16.6. The lowest BCUT2D eigenvalue weighted by Gasteiger charge is -2.58. The fourth-order valence-electron chi connectivity index (χ4n) is 9.99. The SMILES string of the molecule is CCC(CCC(C)C1CCC2C3CC=C4CC(OCC(=O)OC(C)(C)C)CCC4(C)C3CCC12C)C(C)C. The Morgan fingerprint density at radius 1 is 1.03 bits per heavy atom. The van der Waals surface area contributed by atoms with E-state index in [1.54, 1.807) is 5.57 Å². The van der Waals surface area contributed by atoms with Gasteiger partial charge in [-0.1, -0.05) is 66.0 Å². The van der Waals surface area contributed by atoms with E-state index >= 15 is 0 Å². The Labute approximate surface area is 235 Å². The van der Waals surface area contributed by atoms with Crippen LogP contribution in [-0.4, -0.2) is 24.3 Å². The standard InChI is InChI=1S/C35H60O3/c1-10-25(23(2)3)12-11-24(4)29-15-16-30-28-14-13-26-21-27(37-22-32(36)38-33(5,6)7)17-19-34(26,8)31(28)18-20-35(29,30)9/h13,23-25,27-31H,10-12,14-22H2,1-9H3. The predicted octanol–water partition coefficient (Wildman–Crippen LogP) is 9.39. The Morgan fingerprint density at radius 2 is 1.76 bits per heavy atom. The summed E-state index contributed by atoms with van der Waals surface area (Å²) in [5, 5.41) is 0. The van der Waals surface area contributed by atoms with E-state index < -0.39 is 5.60 Å². The van der Waals surface area contributed by atoms with Crippen molar-refractivity contribution in [3.05, 3.63) is 11.6 Å². The van der Waals surface area contributed by atoms with Crippen LogP contribution < -0.4 is 0 Å². The molecule has 38 heavy (non-hydrogen) atoms. The van der Waals surface area contributed by atoms with Crippen LogP contribution in [0, 0.1) is 52.3 Å². The number of rotatable bonds is 9. The summed E-state index contributed by atoms with van der Waals surface area (Å²) in [4.78, 5) is 12.2. The molecule has 4 rings (SSSR count). The number of hydrogen-bond donors (Lipinski definition) is 0. The van der Waals surface area contributed by atoms with Gasteiger partial charge in [0.05, 0.1) is 6.10 Å². The molecule has 0 amide bonds. The molecule has 0 aromatic heterocycles. The van der Waals surface area contributed by atoms with Crippen molar-refractivity contribution in [3.8, 4) is 0 Å². The highest BCUT2D eigenvalue weighted by Gasteiger charge is 2.59. The molecule has 0 aromatic rings. The molecule has 9 atom stereocenters. The molecule has 9 unspecified atom stereocenters. The van der Waals surface area contributed by atoms with Gasteiger partial charge in [-0.25, -0.2) is 4.79 Å². The van der Waals surface area contributed by atoms with Gasteiger partial charge in [-0.15, -0.1) is 0 Å². The maximum atomic E-state index is 12.2. The monoisotopic (exact) mass is 528 g/mol. The van der Waals surface area contributed by atoms with E-state index in [0.717, 1.165) is 54.3 Å². The molecule has 0 heterocycles. The Morgan fingerprint density at radius 3 is 2.42 bits per heavy atom. The van der Waals surface area contributed by atoms with Crippen LogP contribution in [0.25, 0.3) is 0 Å². The fourth-order valence-corrected chi connectivity index (χ4v) is 9.99. The molecule has 0 spiro atoms. The molecule has 4 aliphatic carbocycles. The molecular formula is C35H60O3. The topological polar surface area (TPSA) is 35.5 Å². The molecule has 4 aliphatic rings. The maximum absolute atomic E-state index is 12.2. The van der Waals surface area contributed by atoms with Gasteiger partial charge < -0.3 is 9.47 Å². The molecule has 3 saturated carbocycles. The van der Waals surface area contributed by atoms with E-state index in [-0.39, 0.29) is 18.7 Å². The van der Waals surface area contributed by atoms with Gasteiger partial charge in [0, 0.05) is 0 Å². The van der Waals surface area contributed by atoms with Gasteiger partial charge >= 0.3 is 5.97 Å². The second-order valence-corrected chi connectivity index (χ2v) is 15.7. The van der Waals surface area contributed by atoms with Gasteiger partial charge in [0.25, 0.3) is 0 Å². The molecular weight excluding hydrogens is 468 g/mol. The van der Waals surface area contributed by atoms with Gasteiger partial charge in [0.2, 0.25) is 0 Å². The van der Waals surface area contributed by atoms with Crippen LogP contribution >= 0.6 is 0 Å². The molecule has 3 heteroatoms. The minimum Gasteiger partial charge on any atom is -0.458 e. The summed E-state index contributed by atoms with van der Waals surface area (Å²) in [7, 11) is 0. The van der Waals surface area contributed by atoms with E-state index in [0.29, 0.717) is 10.8 Å². The summed E-state index contributed by atoms with van der Waals surface area (Å²) in [6.07, 6.45) is 17.2. The minimum atomic E-state index is -0.453. The van der Waals surface area contributed by atoms with E-state index in [2.05, 4.69) is 47.6 Å². The molecule has 0 saturated heterocycles. The summed E-state index contributed by atoms with van der Waals surface area (Å²) >= 11 is 0. The summed E-state index contributed by atoms with van der Waals surface area (Å²) in [6.45, 7) is 20.9. The van der Waals surface area contributed by atoms with Crippen LogP contribution in [0.2, 0.25) is 0 Å². The first-order valence-corrected chi connectivity index (χ1v) is 16.3. The molecule has 0 radical (unpaired) electrons. The zero-order valence-electron chi connectivity index (χ0n) is 26.4. The Balaban J connectivity index is 1.38. The van der Waals surface area contributed by atoms with Gasteiger partial charge in [-0.05, 0) is 131 Å². The normalized spacial score (nSPS) is 38.6. The first kappa shape index (κ1) is 30.1. The second-order valence-electron chi connectivity index (χ2n) is 15.7. The lowest BCUT2D eigenvalue weighted by atomic mass is 9.47. The van der Waals surface area contributed by atoms with Crippen molar-refractivity contribution in [1.29, 1.82) is 0 Å². The number of carbonyl (C=O) groups is 1. The first-order chi connectivity index (χ1) is 17.8. The number of fused-ring (bicyclic) bond motifs is 5. The molecule has 0 aliphatic heterocycles. The number of hydrogen-bond acceptors (Lipinski definition) is 3. The number of allylic oxidation sites excluding steroid dienone is 1. The number of esters is 1. The molecule has 3 nitrogen and oxygen atoms in total.